The van der Waals surface area contributed by atoms with E-state index in [0.29, 0.717) is 55.4 Å². The number of nitrogens with one attached hydrogen (secondary N) is 2. The Balaban J connectivity index is 0.000000202. The number of likely N-dealkylation sites (tertiary alicyclic amines) is 2. The highest BCUT2D eigenvalue weighted by molar-refractivity contribution is 7.91. The van der Waals surface area contributed by atoms with Gasteiger partial charge >= 0.3 is 5.97 Å². The summed E-state index contributed by atoms with van der Waals surface area (Å²) in [7, 11) is -4.45. The maximum Gasteiger partial charge on any atom is 0.329 e. The average molecular weight is 1440 g/mol. The standard InChI is InChI=1S/C34H43N3O8S.C31H40N4O7S.C8H7ClO2/c1-7-22-17-34(22,32(41)36-46(42,43)25-9-10-25)18-29(39)28-16-24(19-37(28)31(40)27(14-20(2)38)33(3,4)5)45-30-26-11-8-23(44-6)15-21(26)12-13-35-30;1-6-19-15-31(19,29(38)34-43(39,40)22-8-9-22)16-25(36)24-14-21(17-35(24)28(37)26(32)30(2,3)4)42-27-23-10-7-20(41-5)13-18(23)11-12-33-27;9-11-8(10)6-7-4-2-1-3-5-7/h7-8,11-13,15,22,24-25,27-28H,1,9-10,14,16-19H2,2-6H3,(H,36,41);6-7,10-13,19,21-22,24,26H,1,8-9,14-17,32H2,2-5H3,(H,34,38);1-5H,6H2/t22-,24-,27-,28+,34-;19-,21-,24+,26-,31-;/m11./s1. The predicted octanol–water partition coefficient (Wildman–Crippen LogP) is 8.64. The van der Waals surface area contributed by atoms with Crippen LogP contribution < -0.4 is 34.1 Å². The van der Waals surface area contributed by atoms with Crippen LogP contribution in [0, 0.1) is 39.4 Å². The summed E-state index contributed by atoms with van der Waals surface area (Å²) in [5.41, 5.74) is 3.64. The number of hydrogen-bond donors (Lipinski definition) is 3. The fourth-order valence-electron chi connectivity index (χ4n) is 13.1. The summed E-state index contributed by atoms with van der Waals surface area (Å²) in [5, 5.41) is 2.02. The van der Waals surface area contributed by atoms with Crippen molar-refractivity contribution in [3.05, 3.63) is 122 Å². The van der Waals surface area contributed by atoms with Crippen molar-refractivity contribution < 1.29 is 78.4 Å². The Hall–Kier alpha value is -8.33. The number of benzene rings is 3. The molecule has 27 heteroatoms. The van der Waals surface area contributed by atoms with Gasteiger partial charge in [0.25, 0.3) is 0 Å². The average Bonchev–Trinajstić information content (AvgIpc) is 1.58. The van der Waals surface area contributed by atoms with E-state index < -0.39 is 112 Å². The lowest BCUT2D eigenvalue weighted by Crippen LogP contribution is -2.53. The van der Waals surface area contributed by atoms with Crippen molar-refractivity contribution >= 4 is 100 Å². The number of hydrogen-bond acceptors (Lipinski definition) is 20. The van der Waals surface area contributed by atoms with Crippen LogP contribution in [-0.2, 0) is 69.1 Å². The second-order valence-corrected chi connectivity index (χ2v) is 33.3. The Bertz CT molecular complexity index is 4210. The third-order valence-corrected chi connectivity index (χ3v) is 23.5. The van der Waals surface area contributed by atoms with Gasteiger partial charge in [0, 0.05) is 61.2 Å². The molecule has 10 atom stereocenters. The maximum absolute atomic E-state index is 14.2. The molecule has 3 aromatic carbocycles. The predicted molar refractivity (Wildman–Crippen MR) is 374 cm³/mol. The number of nitrogens with zero attached hydrogens (tertiary/aromatic N) is 4. The van der Waals surface area contributed by atoms with Crippen molar-refractivity contribution in [3.63, 3.8) is 0 Å². The summed E-state index contributed by atoms with van der Waals surface area (Å²) >= 11 is 4.85. The second kappa shape index (κ2) is 30.5. The van der Waals surface area contributed by atoms with Crippen LogP contribution >= 0.6 is 11.9 Å². The van der Waals surface area contributed by atoms with Gasteiger partial charge in [0.05, 0.1) is 73.2 Å². The van der Waals surface area contributed by atoms with Crippen LogP contribution in [0.5, 0.6) is 23.3 Å². The molecule has 4 saturated carbocycles. The number of carbonyl (C=O) groups excluding carboxylic acids is 8. The molecule has 4 amide bonds. The molecule has 24 nitrogen and oxygen atoms in total. The number of nitrogens with two attached hydrogens (primary N) is 1. The Morgan fingerprint density at radius 3 is 1.44 bits per heavy atom. The van der Waals surface area contributed by atoms with Gasteiger partial charge in [-0.15, -0.1) is 13.2 Å². The van der Waals surface area contributed by atoms with Gasteiger partial charge in [-0.2, -0.15) is 0 Å². The van der Waals surface area contributed by atoms with Crippen molar-refractivity contribution in [2.45, 2.75) is 166 Å². The number of sulfonamides is 2. The molecule has 2 saturated heterocycles. The van der Waals surface area contributed by atoms with Gasteiger partial charge in [-0.3, -0.25) is 43.0 Å². The first-order chi connectivity index (χ1) is 47.1. The largest absolute Gasteiger partial charge is 0.497 e. The molecule has 2 aromatic heterocycles. The number of amides is 4. The van der Waals surface area contributed by atoms with Gasteiger partial charge < -0.3 is 43.6 Å². The molecule has 6 aliphatic rings. The van der Waals surface area contributed by atoms with E-state index in [2.05, 4.69) is 36.9 Å². The highest BCUT2D eigenvalue weighted by Gasteiger charge is 2.63. The molecule has 0 unspecified atom stereocenters. The van der Waals surface area contributed by atoms with Gasteiger partial charge in [-0.25, -0.2) is 26.8 Å². The van der Waals surface area contributed by atoms with Crippen molar-refractivity contribution in [2.24, 2.45) is 45.1 Å². The van der Waals surface area contributed by atoms with E-state index in [9.17, 15) is 55.2 Å². The van der Waals surface area contributed by atoms with Crippen molar-refractivity contribution in [2.75, 3.05) is 27.3 Å². The number of rotatable bonds is 26. The van der Waals surface area contributed by atoms with Crippen molar-refractivity contribution in [1.29, 1.82) is 0 Å². The van der Waals surface area contributed by atoms with Gasteiger partial charge in [0.1, 0.15) is 41.4 Å². The molecule has 538 valence electrons. The quantitative estimate of drug-likeness (QED) is 0.0436. The number of Topliss-reactive ketones (excluding diaryl/α,β-unsaturated/α-hetero) is 3. The Morgan fingerprint density at radius 1 is 0.650 bits per heavy atom. The molecule has 2 aliphatic heterocycles. The van der Waals surface area contributed by atoms with Crippen molar-refractivity contribution in [3.8, 4) is 23.3 Å². The van der Waals surface area contributed by atoms with E-state index in [1.165, 1.54) is 16.7 Å². The number of allylic oxidation sites excluding steroid dienone is 2. The minimum absolute atomic E-state index is 0.0158. The third kappa shape index (κ3) is 17.7. The highest BCUT2D eigenvalue weighted by atomic mass is 35.5. The van der Waals surface area contributed by atoms with Crippen LogP contribution in [0.15, 0.2) is 117 Å². The molecule has 11 rings (SSSR count). The fraction of sp³-hybridized carbons (Fsp3) is 0.507. The van der Waals surface area contributed by atoms with Crippen LogP contribution in [0.1, 0.15) is 125 Å². The normalized spacial score (nSPS) is 23.8. The molecule has 5 aromatic rings. The lowest BCUT2D eigenvalue weighted by Gasteiger charge is -2.34. The molecule has 0 radical (unpaired) electrons. The van der Waals surface area contributed by atoms with Gasteiger partial charge in [-0.05, 0) is 133 Å². The van der Waals surface area contributed by atoms with E-state index >= 15 is 0 Å². The van der Waals surface area contributed by atoms with E-state index in [1.54, 1.807) is 50.9 Å². The number of fused-ring (bicyclic) bond motifs is 2. The molecular formula is C73H90ClN7O17S2. The van der Waals surface area contributed by atoms with Crippen LogP contribution in [0.3, 0.4) is 0 Å². The Labute approximate surface area is 589 Å². The number of halogens is 1. The lowest BCUT2D eigenvalue weighted by molar-refractivity contribution is -0.146. The van der Waals surface area contributed by atoms with Gasteiger partial charge in [0.15, 0.2) is 11.6 Å². The number of ketones is 3. The molecule has 4 N–H and O–H groups in total. The first-order valence-corrected chi connectivity index (χ1v) is 36.8. The minimum Gasteiger partial charge on any atom is -0.497 e. The first-order valence-electron chi connectivity index (χ1n) is 33.4. The highest BCUT2D eigenvalue weighted by Crippen LogP contribution is 2.58. The summed E-state index contributed by atoms with van der Waals surface area (Å²) < 4.78 is 82.0. The van der Waals surface area contributed by atoms with Gasteiger partial charge in [-0.1, -0.05) is 84.0 Å². The third-order valence-electron chi connectivity index (χ3n) is 19.7. The lowest BCUT2D eigenvalue weighted by atomic mass is 9.77. The van der Waals surface area contributed by atoms with E-state index in [0.717, 1.165) is 27.1 Å². The summed E-state index contributed by atoms with van der Waals surface area (Å²) in [6.07, 6.45) is 7.88. The summed E-state index contributed by atoms with van der Waals surface area (Å²) in [5.74, 6) is -2.77. The van der Waals surface area contributed by atoms with Crippen LogP contribution in [0.25, 0.3) is 21.5 Å². The maximum atomic E-state index is 14.2. The molecule has 100 heavy (non-hydrogen) atoms. The minimum atomic E-state index is -3.82. The smallest absolute Gasteiger partial charge is 0.329 e. The summed E-state index contributed by atoms with van der Waals surface area (Å²) in [6.45, 7) is 20.4. The molecule has 0 spiro atoms. The number of aromatic nitrogens is 2. The molecule has 4 aliphatic carbocycles. The summed E-state index contributed by atoms with van der Waals surface area (Å²) in [6, 6.07) is 21.2. The topological polar surface area (TPSA) is 333 Å². The van der Waals surface area contributed by atoms with Crippen molar-refractivity contribution in [1.82, 2.24) is 29.2 Å². The van der Waals surface area contributed by atoms with E-state index in [-0.39, 0.29) is 93.1 Å². The van der Waals surface area contributed by atoms with E-state index in [1.807, 2.05) is 108 Å². The number of ether oxygens (including phenoxy) is 4. The van der Waals surface area contributed by atoms with Crippen LogP contribution in [0.4, 0.5) is 0 Å². The molecule has 6 fully saturated rings. The zero-order valence-electron chi connectivity index (χ0n) is 57.9. The van der Waals surface area contributed by atoms with Gasteiger partial charge in [0.2, 0.25) is 55.4 Å². The van der Waals surface area contributed by atoms with Crippen LogP contribution in [0.2, 0.25) is 0 Å². The zero-order valence-corrected chi connectivity index (χ0v) is 60.3. The van der Waals surface area contributed by atoms with Crippen LogP contribution in [-0.4, -0.2) is 152 Å². The molecular weight excluding hydrogens is 1350 g/mol. The Morgan fingerprint density at radius 2 is 1.08 bits per heavy atom. The number of carbonyl (C=O) groups is 8. The molecule has 0 bridgehead atoms. The number of methoxy groups -OCH3 is 2. The molecule has 4 heterocycles. The second-order valence-electron chi connectivity index (χ2n) is 29.2. The fourth-order valence-corrected chi connectivity index (χ4v) is 15.9. The monoisotopic (exact) mass is 1440 g/mol. The van der Waals surface area contributed by atoms with E-state index in [4.69, 9.17) is 36.5 Å². The number of pyridine rings is 2. The SMILES string of the molecule is C=C[C@@H]1C[C@]1(CC(=O)[C@@H]1C[C@@H](Oc2nccc3cc(OC)ccc23)CN1C(=O)[C@@H](CC(C)=O)C(C)(C)C)C(=O)NS(=O)(=O)C1CC1.C=C[C@@H]1C[C@]1(CC(=O)[C@@H]1C[C@@H](Oc2nccc3cc(OC)ccc23)CN1C(=O)[C@@H](N)C(C)(C)C)C(=O)NS(=O)(=O)C1CC1.O=C(Cc1ccccc1)OCl. The summed E-state index contributed by atoms with van der Waals surface area (Å²) in [4.78, 5) is 117. The zero-order chi connectivity index (χ0) is 73.0. The first kappa shape index (κ1) is 75.9. The Kier molecular flexibility index (Phi) is 23.1.